The molecule has 1 amide bonds. The first-order valence-corrected chi connectivity index (χ1v) is 9.84. The van der Waals surface area contributed by atoms with Crippen LogP contribution in [0.3, 0.4) is 0 Å². The van der Waals surface area contributed by atoms with Gasteiger partial charge in [0.25, 0.3) is 5.91 Å². The second-order valence-electron chi connectivity index (χ2n) is 6.31. The lowest BCUT2D eigenvalue weighted by atomic mass is 10.1. The first-order chi connectivity index (χ1) is 13.3. The SMILES string of the molecule is O=C(NC[C@H](c1ccccn1)N1CCOCC1)c1cc(-c2ccsc2)n[nH]1. The maximum Gasteiger partial charge on any atom is 0.269 e. The van der Waals surface area contributed by atoms with Gasteiger partial charge in [-0.1, -0.05) is 6.07 Å². The molecule has 0 spiro atoms. The van der Waals surface area contributed by atoms with Crippen molar-refractivity contribution in [1.82, 2.24) is 25.4 Å². The third kappa shape index (κ3) is 4.24. The number of morpholine rings is 1. The van der Waals surface area contributed by atoms with Crippen molar-refractivity contribution in [3.8, 4) is 11.3 Å². The molecule has 0 radical (unpaired) electrons. The zero-order valence-corrected chi connectivity index (χ0v) is 15.6. The lowest BCUT2D eigenvalue weighted by Gasteiger charge is -2.34. The molecule has 1 aliphatic rings. The van der Waals surface area contributed by atoms with E-state index in [2.05, 4.69) is 25.4 Å². The van der Waals surface area contributed by atoms with Crippen LogP contribution in [-0.2, 0) is 4.74 Å². The Kier molecular flexibility index (Phi) is 5.57. The molecule has 0 aromatic carbocycles. The van der Waals surface area contributed by atoms with E-state index in [1.54, 1.807) is 23.6 Å². The van der Waals surface area contributed by atoms with Crippen LogP contribution in [0.2, 0.25) is 0 Å². The molecule has 1 fully saturated rings. The second-order valence-corrected chi connectivity index (χ2v) is 7.09. The molecule has 3 aromatic rings. The van der Waals surface area contributed by atoms with Gasteiger partial charge in [0.15, 0.2) is 0 Å². The highest BCUT2D eigenvalue weighted by Crippen LogP contribution is 2.21. The average Bonchev–Trinajstić information content (AvgIpc) is 3.41. The van der Waals surface area contributed by atoms with Crippen LogP contribution in [0.4, 0.5) is 0 Å². The third-order valence-corrected chi connectivity index (χ3v) is 5.29. The Morgan fingerprint density at radius 1 is 1.33 bits per heavy atom. The molecule has 3 aromatic heterocycles. The predicted octanol–water partition coefficient (Wildman–Crippen LogP) is 2.34. The van der Waals surface area contributed by atoms with Gasteiger partial charge >= 0.3 is 0 Å². The Balaban J connectivity index is 1.45. The smallest absolute Gasteiger partial charge is 0.269 e. The number of ether oxygens (including phenoxy) is 1. The van der Waals surface area contributed by atoms with E-state index in [-0.39, 0.29) is 11.9 Å². The number of pyridine rings is 1. The van der Waals surface area contributed by atoms with Crippen molar-refractivity contribution < 1.29 is 9.53 Å². The highest BCUT2D eigenvalue weighted by molar-refractivity contribution is 7.08. The highest BCUT2D eigenvalue weighted by atomic mass is 32.1. The maximum atomic E-state index is 12.6. The first kappa shape index (κ1) is 17.8. The summed E-state index contributed by atoms with van der Waals surface area (Å²) in [5.74, 6) is -0.168. The molecule has 0 aliphatic carbocycles. The molecule has 7 nitrogen and oxygen atoms in total. The standard InChI is InChI=1S/C19H21N5O2S/c25-19(17-11-16(22-23-17)14-4-10-27-13-14)21-12-18(15-3-1-2-5-20-15)24-6-8-26-9-7-24/h1-5,10-11,13,18H,6-9,12H2,(H,21,25)(H,22,23)/t18-/m1/s1. The molecule has 4 rings (SSSR count). The van der Waals surface area contributed by atoms with E-state index < -0.39 is 0 Å². The largest absolute Gasteiger partial charge is 0.379 e. The lowest BCUT2D eigenvalue weighted by molar-refractivity contribution is 0.0153. The predicted molar refractivity (Wildman–Crippen MR) is 104 cm³/mol. The van der Waals surface area contributed by atoms with Gasteiger partial charge in [-0.05, 0) is 29.6 Å². The highest BCUT2D eigenvalue weighted by Gasteiger charge is 2.24. The van der Waals surface area contributed by atoms with Gasteiger partial charge in [-0.3, -0.25) is 19.8 Å². The number of nitrogens with zero attached hydrogens (tertiary/aromatic N) is 3. The molecule has 4 heterocycles. The van der Waals surface area contributed by atoms with Crippen LogP contribution in [-0.4, -0.2) is 58.8 Å². The minimum atomic E-state index is -0.168. The molecule has 1 aliphatic heterocycles. The third-order valence-electron chi connectivity index (χ3n) is 4.61. The Morgan fingerprint density at radius 2 is 2.22 bits per heavy atom. The van der Waals surface area contributed by atoms with Gasteiger partial charge in [-0.15, -0.1) is 0 Å². The monoisotopic (exact) mass is 383 g/mol. The summed E-state index contributed by atoms with van der Waals surface area (Å²) < 4.78 is 5.46. The summed E-state index contributed by atoms with van der Waals surface area (Å²) in [6, 6.07) is 9.64. The van der Waals surface area contributed by atoms with E-state index in [9.17, 15) is 4.79 Å². The van der Waals surface area contributed by atoms with Crippen molar-refractivity contribution in [2.75, 3.05) is 32.8 Å². The van der Waals surface area contributed by atoms with Gasteiger partial charge in [-0.25, -0.2) is 0 Å². The zero-order chi connectivity index (χ0) is 18.5. The molecule has 0 unspecified atom stereocenters. The number of thiophene rings is 1. The molecule has 0 saturated carbocycles. The van der Waals surface area contributed by atoms with Crippen LogP contribution in [0.1, 0.15) is 22.2 Å². The molecular weight excluding hydrogens is 362 g/mol. The van der Waals surface area contributed by atoms with E-state index in [4.69, 9.17) is 4.74 Å². The number of hydrogen-bond donors (Lipinski definition) is 2. The average molecular weight is 383 g/mol. The van der Waals surface area contributed by atoms with Crippen molar-refractivity contribution in [2.24, 2.45) is 0 Å². The molecule has 2 N–H and O–H groups in total. The van der Waals surface area contributed by atoms with E-state index in [0.717, 1.165) is 30.0 Å². The molecule has 1 saturated heterocycles. The van der Waals surface area contributed by atoms with E-state index >= 15 is 0 Å². The zero-order valence-electron chi connectivity index (χ0n) is 14.8. The Bertz CT molecular complexity index is 859. The number of carbonyl (C=O) groups is 1. The van der Waals surface area contributed by atoms with Crippen molar-refractivity contribution in [1.29, 1.82) is 0 Å². The fourth-order valence-corrected chi connectivity index (χ4v) is 3.81. The number of carbonyl (C=O) groups excluding carboxylic acids is 1. The maximum absolute atomic E-state index is 12.6. The van der Waals surface area contributed by atoms with Crippen molar-refractivity contribution >= 4 is 17.2 Å². The summed E-state index contributed by atoms with van der Waals surface area (Å²) in [6.07, 6.45) is 1.78. The van der Waals surface area contributed by atoms with Crippen molar-refractivity contribution in [3.05, 3.63) is 58.7 Å². The van der Waals surface area contributed by atoms with E-state index in [0.29, 0.717) is 25.5 Å². The minimum Gasteiger partial charge on any atom is -0.379 e. The number of hydrogen-bond acceptors (Lipinski definition) is 6. The Morgan fingerprint density at radius 3 is 2.96 bits per heavy atom. The van der Waals surface area contributed by atoms with Gasteiger partial charge in [0.1, 0.15) is 5.69 Å². The van der Waals surface area contributed by atoms with Gasteiger partial charge in [-0.2, -0.15) is 16.4 Å². The molecular formula is C19H21N5O2S. The normalized spacial score (nSPS) is 16.1. The van der Waals surface area contributed by atoms with Crippen LogP contribution in [0, 0.1) is 0 Å². The summed E-state index contributed by atoms with van der Waals surface area (Å²) in [6.45, 7) is 3.51. The van der Waals surface area contributed by atoms with Crippen molar-refractivity contribution in [3.63, 3.8) is 0 Å². The van der Waals surface area contributed by atoms with E-state index in [1.165, 1.54) is 0 Å². The van der Waals surface area contributed by atoms with Crippen LogP contribution < -0.4 is 5.32 Å². The van der Waals surface area contributed by atoms with Crippen molar-refractivity contribution in [2.45, 2.75) is 6.04 Å². The van der Waals surface area contributed by atoms with Crippen LogP contribution in [0.5, 0.6) is 0 Å². The number of nitrogens with one attached hydrogen (secondary N) is 2. The Labute approximate surface area is 161 Å². The fraction of sp³-hybridized carbons (Fsp3) is 0.316. The second kappa shape index (κ2) is 8.43. The molecule has 8 heteroatoms. The van der Waals surface area contributed by atoms with Gasteiger partial charge in [0.2, 0.25) is 0 Å². The summed E-state index contributed by atoms with van der Waals surface area (Å²) in [5.41, 5.74) is 3.19. The number of rotatable bonds is 6. The van der Waals surface area contributed by atoms with Gasteiger partial charge in [0.05, 0.1) is 30.6 Å². The minimum absolute atomic E-state index is 0.0123. The summed E-state index contributed by atoms with van der Waals surface area (Å²) in [7, 11) is 0. The lowest BCUT2D eigenvalue weighted by Crippen LogP contribution is -2.44. The van der Waals surface area contributed by atoms with Crippen LogP contribution >= 0.6 is 11.3 Å². The number of aromatic nitrogens is 3. The first-order valence-electron chi connectivity index (χ1n) is 8.90. The number of H-pyrrole nitrogens is 1. The fourth-order valence-electron chi connectivity index (χ4n) is 3.16. The molecule has 0 bridgehead atoms. The molecule has 27 heavy (non-hydrogen) atoms. The molecule has 140 valence electrons. The number of amides is 1. The van der Waals surface area contributed by atoms with Crippen LogP contribution in [0.15, 0.2) is 47.3 Å². The van der Waals surface area contributed by atoms with E-state index in [1.807, 2.05) is 35.0 Å². The number of aromatic amines is 1. The van der Waals surface area contributed by atoms with Gasteiger partial charge in [0, 0.05) is 36.8 Å². The summed E-state index contributed by atoms with van der Waals surface area (Å²) in [5, 5.41) is 14.1. The molecule has 1 atom stereocenters. The Hall–Kier alpha value is -2.55. The van der Waals surface area contributed by atoms with Gasteiger partial charge < -0.3 is 10.1 Å². The summed E-state index contributed by atoms with van der Waals surface area (Å²) in [4.78, 5) is 19.4. The summed E-state index contributed by atoms with van der Waals surface area (Å²) >= 11 is 1.60. The van der Waals surface area contributed by atoms with Crippen LogP contribution in [0.25, 0.3) is 11.3 Å². The quantitative estimate of drug-likeness (QED) is 0.683. The topological polar surface area (TPSA) is 83.1 Å².